The molecule has 1 aromatic rings. The molecular formula is C14H17BrN2O. The number of halogens is 1. The summed E-state index contributed by atoms with van der Waals surface area (Å²) in [5.74, 6) is 0.488. The van der Waals surface area contributed by atoms with Gasteiger partial charge in [0.15, 0.2) is 0 Å². The molecular weight excluding hydrogens is 292 g/mol. The van der Waals surface area contributed by atoms with Crippen LogP contribution in [0.4, 0.5) is 5.69 Å². The fourth-order valence-corrected chi connectivity index (χ4v) is 2.54. The maximum Gasteiger partial charge on any atom is 0.252 e. The summed E-state index contributed by atoms with van der Waals surface area (Å²) in [5.41, 5.74) is 6.95. The van der Waals surface area contributed by atoms with Crippen molar-refractivity contribution in [3.8, 4) is 0 Å². The van der Waals surface area contributed by atoms with E-state index < -0.39 is 0 Å². The number of carbonyl (C=O) groups excluding carboxylic acids is 1. The highest BCUT2D eigenvalue weighted by atomic mass is 79.9. The van der Waals surface area contributed by atoms with Crippen molar-refractivity contribution in [2.24, 2.45) is 5.92 Å². The number of rotatable bonds is 3. The second-order valence-corrected chi connectivity index (χ2v) is 5.36. The molecule has 0 bridgehead atoms. The first-order chi connectivity index (χ1) is 8.68. The first kappa shape index (κ1) is 13.1. The lowest BCUT2D eigenvalue weighted by molar-refractivity contribution is 0.0945. The highest BCUT2D eigenvalue weighted by molar-refractivity contribution is 9.10. The normalized spacial score (nSPS) is 18.6. The number of hydrogen-bond donors (Lipinski definition) is 2. The molecule has 0 saturated heterocycles. The summed E-state index contributed by atoms with van der Waals surface area (Å²) in [6.07, 6.45) is 7.71. The molecule has 1 atom stereocenters. The molecule has 0 fully saturated rings. The van der Waals surface area contributed by atoms with Gasteiger partial charge in [0.1, 0.15) is 0 Å². The summed E-state index contributed by atoms with van der Waals surface area (Å²) in [6, 6.07) is 5.34. The number of nitrogen functional groups attached to an aromatic ring is 1. The molecule has 1 aliphatic rings. The van der Waals surface area contributed by atoms with E-state index in [1.165, 1.54) is 0 Å². The van der Waals surface area contributed by atoms with E-state index >= 15 is 0 Å². The first-order valence-corrected chi connectivity index (χ1v) is 6.95. The summed E-state index contributed by atoms with van der Waals surface area (Å²) < 4.78 is 0.672. The van der Waals surface area contributed by atoms with Crippen molar-refractivity contribution in [2.45, 2.75) is 19.3 Å². The quantitative estimate of drug-likeness (QED) is 0.666. The van der Waals surface area contributed by atoms with Crippen LogP contribution in [0.5, 0.6) is 0 Å². The maximum atomic E-state index is 12.0. The molecule has 0 aromatic heterocycles. The monoisotopic (exact) mass is 308 g/mol. The summed E-state index contributed by atoms with van der Waals surface area (Å²) >= 11 is 3.35. The summed E-state index contributed by atoms with van der Waals surface area (Å²) in [6.45, 7) is 0.727. The second-order valence-electron chi connectivity index (χ2n) is 4.57. The lowest BCUT2D eigenvalue weighted by Crippen LogP contribution is -2.30. The van der Waals surface area contributed by atoms with Crippen LogP contribution in [0.1, 0.15) is 29.6 Å². The van der Waals surface area contributed by atoms with Gasteiger partial charge in [-0.3, -0.25) is 4.79 Å². The Hall–Kier alpha value is -1.29. The van der Waals surface area contributed by atoms with Crippen molar-refractivity contribution < 1.29 is 4.79 Å². The summed E-state index contributed by atoms with van der Waals surface area (Å²) in [5, 5.41) is 2.98. The molecule has 96 valence electrons. The lowest BCUT2D eigenvalue weighted by Gasteiger charge is -2.18. The highest BCUT2D eigenvalue weighted by Crippen LogP contribution is 2.24. The smallest absolute Gasteiger partial charge is 0.252 e. The van der Waals surface area contributed by atoms with Crippen LogP contribution in [0, 0.1) is 5.92 Å². The Morgan fingerprint density at radius 2 is 2.28 bits per heavy atom. The lowest BCUT2D eigenvalue weighted by atomic mass is 9.94. The van der Waals surface area contributed by atoms with E-state index in [1.807, 2.05) is 0 Å². The van der Waals surface area contributed by atoms with E-state index in [4.69, 9.17) is 5.73 Å². The van der Waals surface area contributed by atoms with E-state index in [0.717, 1.165) is 25.8 Å². The fraction of sp³-hybridized carbons (Fsp3) is 0.357. The summed E-state index contributed by atoms with van der Waals surface area (Å²) in [7, 11) is 0. The Bertz CT molecular complexity index is 471. The van der Waals surface area contributed by atoms with Gasteiger partial charge in [0, 0.05) is 12.2 Å². The SMILES string of the molecule is Nc1cccc(C(=O)NCC2CC=CCC2)c1Br. The maximum absolute atomic E-state index is 12.0. The Morgan fingerprint density at radius 1 is 1.44 bits per heavy atom. The number of anilines is 1. The van der Waals surface area contributed by atoms with Gasteiger partial charge >= 0.3 is 0 Å². The van der Waals surface area contributed by atoms with Crippen LogP contribution in [0.2, 0.25) is 0 Å². The van der Waals surface area contributed by atoms with Crippen LogP contribution in [-0.2, 0) is 0 Å². The minimum absolute atomic E-state index is 0.0660. The number of nitrogens with two attached hydrogens (primary N) is 1. The molecule has 1 unspecified atom stereocenters. The van der Waals surface area contributed by atoms with Crippen molar-refractivity contribution in [1.29, 1.82) is 0 Å². The van der Waals surface area contributed by atoms with Crippen LogP contribution < -0.4 is 11.1 Å². The zero-order chi connectivity index (χ0) is 13.0. The van der Waals surface area contributed by atoms with Gasteiger partial charge in [-0.1, -0.05) is 18.2 Å². The number of allylic oxidation sites excluding steroid dienone is 2. The third kappa shape index (κ3) is 3.13. The van der Waals surface area contributed by atoms with Crippen molar-refractivity contribution in [3.63, 3.8) is 0 Å². The molecule has 0 heterocycles. The third-order valence-electron chi connectivity index (χ3n) is 3.20. The van der Waals surface area contributed by atoms with Crippen LogP contribution in [-0.4, -0.2) is 12.5 Å². The van der Waals surface area contributed by atoms with Crippen LogP contribution in [0.3, 0.4) is 0 Å². The van der Waals surface area contributed by atoms with Gasteiger partial charge in [-0.2, -0.15) is 0 Å². The van der Waals surface area contributed by atoms with E-state index in [2.05, 4.69) is 33.4 Å². The molecule has 1 aliphatic carbocycles. The zero-order valence-corrected chi connectivity index (χ0v) is 11.7. The van der Waals surface area contributed by atoms with E-state index in [9.17, 15) is 4.79 Å². The molecule has 3 nitrogen and oxygen atoms in total. The molecule has 0 spiro atoms. The minimum Gasteiger partial charge on any atom is -0.398 e. The number of benzene rings is 1. The average Bonchev–Trinajstić information content (AvgIpc) is 2.40. The molecule has 0 aliphatic heterocycles. The Labute approximate surface area is 116 Å². The van der Waals surface area contributed by atoms with E-state index in [0.29, 0.717) is 21.6 Å². The average molecular weight is 309 g/mol. The standard InChI is InChI=1S/C14H17BrN2O/c15-13-11(7-4-8-12(13)16)14(18)17-9-10-5-2-1-3-6-10/h1-2,4,7-8,10H,3,5-6,9,16H2,(H,17,18). The first-order valence-electron chi connectivity index (χ1n) is 6.15. The van der Waals surface area contributed by atoms with Gasteiger partial charge in [-0.05, 0) is 53.2 Å². The highest BCUT2D eigenvalue weighted by Gasteiger charge is 2.14. The van der Waals surface area contributed by atoms with E-state index in [1.54, 1.807) is 18.2 Å². The van der Waals surface area contributed by atoms with Gasteiger partial charge in [0.05, 0.1) is 10.0 Å². The molecule has 1 aromatic carbocycles. The van der Waals surface area contributed by atoms with Gasteiger partial charge < -0.3 is 11.1 Å². The predicted octanol–water partition coefficient (Wildman–Crippen LogP) is 3.12. The third-order valence-corrected chi connectivity index (χ3v) is 4.09. The number of amides is 1. The molecule has 18 heavy (non-hydrogen) atoms. The minimum atomic E-state index is -0.0660. The van der Waals surface area contributed by atoms with E-state index in [-0.39, 0.29) is 5.91 Å². The number of hydrogen-bond acceptors (Lipinski definition) is 2. The van der Waals surface area contributed by atoms with Gasteiger partial charge in [-0.25, -0.2) is 0 Å². The van der Waals surface area contributed by atoms with Crippen LogP contribution >= 0.6 is 15.9 Å². The number of nitrogens with one attached hydrogen (secondary N) is 1. The second kappa shape index (κ2) is 6.05. The molecule has 1 amide bonds. The van der Waals surface area contributed by atoms with Crippen molar-refractivity contribution in [2.75, 3.05) is 12.3 Å². The molecule has 4 heteroatoms. The number of carbonyl (C=O) groups is 1. The van der Waals surface area contributed by atoms with Gasteiger partial charge in [0.25, 0.3) is 5.91 Å². The molecule has 0 saturated carbocycles. The van der Waals surface area contributed by atoms with Crippen LogP contribution in [0.25, 0.3) is 0 Å². The predicted molar refractivity (Wildman–Crippen MR) is 77.4 cm³/mol. The molecule has 0 radical (unpaired) electrons. The zero-order valence-electron chi connectivity index (χ0n) is 10.2. The Kier molecular flexibility index (Phi) is 4.42. The fourth-order valence-electron chi connectivity index (χ4n) is 2.10. The van der Waals surface area contributed by atoms with Crippen LogP contribution in [0.15, 0.2) is 34.8 Å². The molecule has 3 N–H and O–H groups in total. The van der Waals surface area contributed by atoms with Crippen molar-refractivity contribution >= 4 is 27.5 Å². The summed E-state index contributed by atoms with van der Waals surface area (Å²) in [4.78, 5) is 12.0. The van der Waals surface area contributed by atoms with Gasteiger partial charge in [0.2, 0.25) is 0 Å². The topological polar surface area (TPSA) is 55.1 Å². The Balaban J connectivity index is 1.95. The Morgan fingerprint density at radius 3 is 3.00 bits per heavy atom. The van der Waals surface area contributed by atoms with Crippen molar-refractivity contribution in [1.82, 2.24) is 5.32 Å². The van der Waals surface area contributed by atoms with Gasteiger partial charge in [-0.15, -0.1) is 0 Å². The van der Waals surface area contributed by atoms with Crippen molar-refractivity contribution in [3.05, 3.63) is 40.4 Å². The molecule has 2 rings (SSSR count). The largest absolute Gasteiger partial charge is 0.398 e.